The summed E-state index contributed by atoms with van der Waals surface area (Å²) in [6.45, 7) is 0. The van der Waals surface area contributed by atoms with Crippen molar-refractivity contribution in [2.45, 2.75) is 0 Å². The van der Waals surface area contributed by atoms with Crippen LogP contribution in [-0.2, 0) is 68.2 Å². The molecule has 0 spiro atoms. The zero-order chi connectivity index (χ0) is 0. The van der Waals surface area contributed by atoms with Crippen molar-refractivity contribution in [3.63, 3.8) is 0 Å². The summed E-state index contributed by atoms with van der Waals surface area (Å²) in [7, 11) is 0. The SMILES string of the molecule is [Cu].[O-2].[Zn+2].[Zr]. The average molecular weight is 236 g/mol. The second-order valence-corrected chi connectivity index (χ2v) is 0. The van der Waals surface area contributed by atoms with E-state index in [0.29, 0.717) is 0 Å². The first-order valence-corrected chi connectivity index (χ1v) is 0. The molecule has 1 radical (unpaired) electrons. The molecule has 0 N–H and O–H groups in total. The molecular formula is CuOZnZr. The second-order valence-electron chi connectivity index (χ2n) is 0. The summed E-state index contributed by atoms with van der Waals surface area (Å²) in [5, 5.41) is 0. The van der Waals surface area contributed by atoms with Gasteiger partial charge in [-0.15, -0.1) is 0 Å². The molecule has 0 heterocycles. The van der Waals surface area contributed by atoms with Crippen molar-refractivity contribution >= 4 is 0 Å². The van der Waals surface area contributed by atoms with Crippen LogP contribution in [-0.4, -0.2) is 0 Å². The van der Waals surface area contributed by atoms with E-state index in [1.807, 2.05) is 0 Å². The van der Waals surface area contributed by atoms with Gasteiger partial charge >= 0.3 is 19.5 Å². The van der Waals surface area contributed by atoms with Crippen molar-refractivity contribution in [2.24, 2.45) is 0 Å². The quantitative estimate of drug-likeness (QED) is 0.524. The van der Waals surface area contributed by atoms with E-state index in [9.17, 15) is 0 Å². The Bertz CT molecular complexity index is 8.00. The minimum absolute atomic E-state index is 0. The van der Waals surface area contributed by atoms with Crippen molar-refractivity contribution in [2.75, 3.05) is 0 Å². The molecule has 0 fully saturated rings. The predicted molar refractivity (Wildman–Crippen MR) is 0.686 cm³/mol. The van der Waals surface area contributed by atoms with Crippen molar-refractivity contribution in [1.82, 2.24) is 0 Å². The summed E-state index contributed by atoms with van der Waals surface area (Å²) < 4.78 is 0. The van der Waals surface area contributed by atoms with Crippen LogP contribution in [0.25, 0.3) is 0 Å². The minimum atomic E-state index is 0. The van der Waals surface area contributed by atoms with E-state index in [2.05, 4.69) is 0 Å². The van der Waals surface area contributed by atoms with E-state index in [-0.39, 0.29) is 68.2 Å². The number of rotatable bonds is 0. The van der Waals surface area contributed by atoms with Crippen LogP contribution in [0, 0.1) is 0 Å². The Morgan fingerprint density at radius 3 is 1.00 bits per heavy atom. The molecule has 0 aliphatic carbocycles. The van der Waals surface area contributed by atoms with E-state index in [4.69, 9.17) is 0 Å². The Hall–Kier alpha value is 1.99. The molecule has 0 aromatic rings. The van der Waals surface area contributed by atoms with E-state index in [1.54, 1.807) is 0 Å². The van der Waals surface area contributed by atoms with Crippen LogP contribution in [0.2, 0.25) is 0 Å². The van der Waals surface area contributed by atoms with Crippen molar-refractivity contribution < 1.29 is 68.2 Å². The Labute approximate surface area is 67.6 Å². The Morgan fingerprint density at radius 1 is 1.00 bits per heavy atom. The fraction of sp³-hybridized carbons (Fsp3) is 0. The van der Waals surface area contributed by atoms with Gasteiger partial charge in [-0.25, -0.2) is 0 Å². The largest absolute Gasteiger partial charge is 2.00 e. The van der Waals surface area contributed by atoms with Gasteiger partial charge in [-0.05, 0) is 0 Å². The van der Waals surface area contributed by atoms with E-state index in [1.165, 1.54) is 0 Å². The van der Waals surface area contributed by atoms with Gasteiger partial charge in [0.2, 0.25) is 0 Å². The van der Waals surface area contributed by atoms with Gasteiger partial charge in [0.15, 0.2) is 0 Å². The average Bonchev–Trinajstić information content (AvgIpc) is 0. The second kappa shape index (κ2) is 20.1. The first-order chi connectivity index (χ1) is 0. The Balaban J connectivity index is 0. The molecule has 0 atom stereocenters. The van der Waals surface area contributed by atoms with E-state index < -0.39 is 0 Å². The maximum Gasteiger partial charge on any atom is 2.00 e. The minimum Gasteiger partial charge on any atom is -2.00 e. The van der Waals surface area contributed by atoms with Gasteiger partial charge in [0.05, 0.1) is 0 Å². The molecule has 0 aliphatic heterocycles. The van der Waals surface area contributed by atoms with Crippen LogP contribution < -0.4 is 0 Å². The van der Waals surface area contributed by atoms with Crippen LogP contribution in [0.4, 0.5) is 0 Å². The van der Waals surface area contributed by atoms with Gasteiger partial charge in [-0.1, -0.05) is 0 Å². The predicted octanol–water partition coefficient (Wildman–Crippen LogP) is -0.126. The van der Waals surface area contributed by atoms with Crippen LogP contribution in [0.5, 0.6) is 0 Å². The van der Waals surface area contributed by atoms with Crippen molar-refractivity contribution in [3.05, 3.63) is 0 Å². The Kier molecular flexibility index (Phi) is 189. The molecule has 0 aliphatic rings. The molecule has 1 nitrogen and oxygen atoms in total. The van der Waals surface area contributed by atoms with Gasteiger partial charge in [0, 0.05) is 43.3 Å². The number of hydrogen-bond donors (Lipinski definition) is 0. The van der Waals surface area contributed by atoms with E-state index in [0.717, 1.165) is 0 Å². The molecule has 0 aromatic heterocycles. The van der Waals surface area contributed by atoms with Crippen LogP contribution >= 0.6 is 0 Å². The summed E-state index contributed by atoms with van der Waals surface area (Å²) >= 11 is 0. The van der Waals surface area contributed by atoms with Gasteiger partial charge in [-0.3, -0.25) is 0 Å². The van der Waals surface area contributed by atoms with Crippen LogP contribution in [0.15, 0.2) is 0 Å². The van der Waals surface area contributed by atoms with Gasteiger partial charge in [-0.2, -0.15) is 0 Å². The summed E-state index contributed by atoms with van der Waals surface area (Å²) in [6.07, 6.45) is 0. The third-order valence-electron chi connectivity index (χ3n) is 0. The zero-order valence-electron chi connectivity index (χ0n) is 1.92. The molecule has 0 rings (SSSR count). The van der Waals surface area contributed by atoms with Gasteiger partial charge in [0.25, 0.3) is 0 Å². The fourth-order valence-corrected chi connectivity index (χ4v) is 0. The van der Waals surface area contributed by atoms with E-state index >= 15 is 0 Å². The molecular weight excluding hydrogens is 236 g/mol. The third-order valence-corrected chi connectivity index (χ3v) is 0. The third kappa shape index (κ3) is 9.01. The zero-order valence-corrected chi connectivity index (χ0v) is 8.28. The van der Waals surface area contributed by atoms with Gasteiger partial charge in [0.1, 0.15) is 0 Å². The summed E-state index contributed by atoms with van der Waals surface area (Å²) in [4.78, 5) is 0. The number of hydrogen-bond acceptors (Lipinski definition) is 0. The maximum absolute atomic E-state index is 0. The first kappa shape index (κ1) is 37.7. The Morgan fingerprint density at radius 2 is 1.00 bits per heavy atom. The monoisotopic (exact) mass is 233 g/mol. The molecule has 0 amide bonds. The molecule has 4 heavy (non-hydrogen) atoms. The molecule has 0 saturated carbocycles. The molecule has 0 unspecified atom stereocenters. The summed E-state index contributed by atoms with van der Waals surface area (Å²) in [5.41, 5.74) is 0. The molecule has 23 valence electrons. The first-order valence-electron chi connectivity index (χ1n) is 0. The fourth-order valence-electron chi connectivity index (χ4n) is 0. The molecule has 0 saturated heterocycles. The topological polar surface area (TPSA) is 28.5 Å². The van der Waals surface area contributed by atoms with Crippen molar-refractivity contribution in [3.8, 4) is 0 Å². The van der Waals surface area contributed by atoms with Crippen LogP contribution in [0.3, 0.4) is 0 Å². The maximum atomic E-state index is 0. The molecule has 0 aromatic carbocycles. The molecule has 4 heteroatoms. The van der Waals surface area contributed by atoms with Crippen molar-refractivity contribution in [1.29, 1.82) is 0 Å². The van der Waals surface area contributed by atoms with Gasteiger partial charge < -0.3 is 5.48 Å². The summed E-state index contributed by atoms with van der Waals surface area (Å²) in [5.74, 6) is 0. The smallest absolute Gasteiger partial charge is 2.00 e. The summed E-state index contributed by atoms with van der Waals surface area (Å²) in [6, 6.07) is 0. The van der Waals surface area contributed by atoms with Crippen LogP contribution in [0.1, 0.15) is 0 Å². The standard InChI is InChI=1S/Cu.O.Zn.Zr/q;-2;+2;. The normalized spacial score (nSPS) is 0. The molecule has 0 bridgehead atoms.